The van der Waals surface area contributed by atoms with Gasteiger partial charge < -0.3 is 4.98 Å². The maximum Gasteiger partial charge on any atom is 0.424 e. The third kappa shape index (κ3) is 3.15. The number of halogens is 3. The molecule has 2 aromatic rings. The van der Waals surface area contributed by atoms with Crippen LogP contribution in [0.25, 0.3) is 11.3 Å². The molecule has 2 rings (SSSR count). The monoisotopic (exact) mass is 354 g/mol. The van der Waals surface area contributed by atoms with Crippen LogP contribution in [0.1, 0.15) is 11.1 Å². The van der Waals surface area contributed by atoms with Crippen LogP contribution in [0.5, 0.6) is 0 Å². The zero-order valence-electron chi connectivity index (χ0n) is 11.8. The van der Waals surface area contributed by atoms with Crippen LogP contribution in [0, 0.1) is 31.6 Å². The van der Waals surface area contributed by atoms with Crippen LogP contribution in [-0.2, 0) is 6.18 Å². The molecule has 0 atom stereocenters. The summed E-state index contributed by atoms with van der Waals surface area (Å²) in [6, 6.07) is 4.92. The van der Waals surface area contributed by atoms with Crippen molar-refractivity contribution in [1.82, 2.24) is 4.98 Å². The lowest BCUT2D eigenvalue weighted by Gasteiger charge is -2.12. The molecule has 0 fully saturated rings. The number of benzene rings is 1. The first-order valence-electron chi connectivity index (χ1n) is 6.24. The Morgan fingerprint density at radius 3 is 2.28 bits per heavy atom. The summed E-state index contributed by atoms with van der Waals surface area (Å²) in [6.45, 7) is 0. The van der Waals surface area contributed by atoms with Gasteiger partial charge in [0, 0.05) is 17.7 Å². The molecule has 1 N–H and O–H groups in total. The molecule has 1 aromatic heterocycles. The second-order valence-corrected chi connectivity index (χ2v) is 4.60. The molecule has 0 aliphatic rings. The Hall–Kier alpha value is -3.75. The molecule has 0 radical (unpaired) electrons. The summed E-state index contributed by atoms with van der Waals surface area (Å²) in [5, 5.41) is 30.7. The van der Waals surface area contributed by atoms with Crippen LogP contribution < -0.4 is 5.56 Å². The van der Waals surface area contributed by atoms with Gasteiger partial charge in [-0.1, -0.05) is 12.1 Å². The van der Waals surface area contributed by atoms with Gasteiger partial charge >= 0.3 is 11.9 Å². The number of non-ortho nitro benzene ring substituents is 1. The van der Waals surface area contributed by atoms with Crippen molar-refractivity contribution in [2.24, 2.45) is 0 Å². The van der Waals surface area contributed by atoms with Crippen LogP contribution >= 0.6 is 0 Å². The van der Waals surface area contributed by atoms with Crippen LogP contribution in [0.2, 0.25) is 0 Å². The van der Waals surface area contributed by atoms with Crippen LogP contribution in [-0.4, -0.2) is 14.8 Å². The fourth-order valence-corrected chi connectivity index (χ4v) is 2.14. The highest BCUT2D eigenvalue weighted by molar-refractivity contribution is 5.75. The van der Waals surface area contributed by atoms with Gasteiger partial charge in [-0.2, -0.15) is 18.4 Å². The Bertz CT molecular complexity index is 991. The number of nitro benzene ring substituents is 1. The van der Waals surface area contributed by atoms with Gasteiger partial charge in [-0.15, -0.1) is 0 Å². The lowest BCUT2D eigenvalue weighted by molar-refractivity contribution is -0.387. The predicted octanol–water partition coefficient (Wildman–Crippen LogP) is 2.75. The number of aromatic amines is 1. The highest BCUT2D eigenvalue weighted by atomic mass is 19.4. The number of nitriles is 1. The maximum atomic E-state index is 13.2. The molecule has 12 heteroatoms. The number of nitro groups is 2. The van der Waals surface area contributed by atoms with Gasteiger partial charge in [0.05, 0.1) is 9.85 Å². The molecule has 1 aromatic carbocycles. The van der Waals surface area contributed by atoms with Crippen molar-refractivity contribution < 1.29 is 23.0 Å². The molecule has 0 saturated carbocycles. The van der Waals surface area contributed by atoms with E-state index in [4.69, 9.17) is 5.26 Å². The number of pyridine rings is 1. The van der Waals surface area contributed by atoms with E-state index in [1.54, 1.807) is 0 Å². The Morgan fingerprint density at radius 2 is 1.80 bits per heavy atom. The van der Waals surface area contributed by atoms with Gasteiger partial charge in [-0.05, 0) is 0 Å². The molecular weight excluding hydrogens is 349 g/mol. The van der Waals surface area contributed by atoms with Crippen molar-refractivity contribution in [3.05, 3.63) is 66.0 Å². The summed E-state index contributed by atoms with van der Waals surface area (Å²) in [6.07, 6.45) is -5.36. The van der Waals surface area contributed by atoms with E-state index in [9.17, 15) is 38.2 Å². The average Bonchev–Trinajstić information content (AvgIpc) is 2.52. The molecule has 1 heterocycles. The minimum atomic E-state index is -5.36. The zero-order valence-corrected chi connectivity index (χ0v) is 11.8. The molecule has 128 valence electrons. The Morgan fingerprint density at radius 1 is 1.16 bits per heavy atom. The highest BCUT2D eigenvalue weighted by Gasteiger charge is 2.44. The van der Waals surface area contributed by atoms with Gasteiger partial charge in [0.2, 0.25) is 0 Å². The van der Waals surface area contributed by atoms with Gasteiger partial charge in [-0.3, -0.25) is 25.0 Å². The standard InChI is InChI=1S/C13H5F3N4O5/c14-13(15,16)9-8(5-17)12(21)18-10(11(9)20(24)25)6-2-1-3-7(4-6)19(22)23/h1-4H,(H,18,21). The number of hydrogen-bond donors (Lipinski definition) is 1. The minimum absolute atomic E-state index is 0.381. The van der Waals surface area contributed by atoms with Crippen molar-refractivity contribution >= 4 is 11.4 Å². The molecule has 0 unspecified atom stereocenters. The van der Waals surface area contributed by atoms with E-state index in [1.165, 1.54) is 0 Å². The van der Waals surface area contributed by atoms with E-state index in [2.05, 4.69) is 0 Å². The summed E-state index contributed by atoms with van der Waals surface area (Å²) in [5.74, 6) is 0. The molecule has 0 amide bonds. The second-order valence-electron chi connectivity index (χ2n) is 4.60. The zero-order chi connectivity index (χ0) is 18.9. The number of aromatic nitrogens is 1. The molecule has 9 nitrogen and oxygen atoms in total. The lowest BCUT2D eigenvalue weighted by atomic mass is 10.0. The van der Waals surface area contributed by atoms with E-state index in [0.717, 1.165) is 30.3 Å². The average molecular weight is 354 g/mol. The van der Waals surface area contributed by atoms with Crippen molar-refractivity contribution in [3.8, 4) is 17.3 Å². The topological polar surface area (TPSA) is 143 Å². The number of alkyl halides is 3. The van der Waals surface area contributed by atoms with Gasteiger partial charge in [0.25, 0.3) is 11.2 Å². The fourth-order valence-electron chi connectivity index (χ4n) is 2.14. The molecular formula is C13H5F3N4O5. The normalized spacial score (nSPS) is 11.0. The predicted molar refractivity (Wildman–Crippen MR) is 75.5 cm³/mol. The van der Waals surface area contributed by atoms with E-state index in [0.29, 0.717) is 0 Å². The summed E-state index contributed by atoms with van der Waals surface area (Å²) >= 11 is 0. The smallest absolute Gasteiger partial charge is 0.315 e. The number of rotatable bonds is 3. The molecule has 25 heavy (non-hydrogen) atoms. The van der Waals surface area contributed by atoms with Crippen molar-refractivity contribution in [1.29, 1.82) is 5.26 Å². The van der Waals surface area contributed by atoms with Crippen LogP contribution in [0.4, 0.5) is 24.5 Å². The summed E-state index contributed by atoms with van der Waals surface area (Å²) in [4.78, 5) is 33.3. The number of nitrogens with zero attached hydrogens (tertiary/aromatic N) is 3. The van der Waals surface area contributed by atoms with Crippen molar-refractivity contribution in [2.45, 2.75) is 6.18 Å². The van der Waals surface area contributed by atoms with Gasteiger partial charge in [0.1, 0.15) is 17.3 Å². The molecule has 0 bridgehead atoms. The number of hydrogen-bond acceptors (Lipinski definition) is 6. The first-order valence-corrected chi connectivity index (χ1v) is 6.24. The third-order valence-corrected chi connectivity index (χ3v) is 3.11. The SMILES string of the molecule is N#Cc1c(C(F)(F)F)c([N+](=O)[O-])c(-c2cccc([N+](=O)[O-])c2)[nH]c1=O. The minimum Gasteiger partial charge on any atom is -0.315 e. The number of nitrogens with one attached hydrogen (secondary N) is 1. The maximum absolute atomic E-state index is 13.2. The Balaban J connectivity index is 2.98. The highest BCUT2D eigenvalue weighted by Crippen LogP contribution is 2.41. The first kappa shape index (κ1) is 17.6. The number of H-pyrrole nitrogens is 1. The van der Waals surface area contributed by atoms with E-state index < -0.39 is 49.8 Å². The third-order valence-electron chi connectivity index (χ3n) is 3.11. The fraction of sp³-hybridized carbons (Fsp3) is 0.0769. The van der Waals surface area contributed by atoms with Crippen LogP contribution in [0.15, 0.2) is 29.1 Å². The molecule has 0 aliphatic heterocycles. The van der Waals surface area contributed by atoms with Gasteiger partial charge in [0.15, 0.2) is 5.56 Å². The van der Waals surface area contributed by atoms with Crippen molar-refractivity contribution in [2.75, 3.05) is 0 Å². The van der Waals surface area contributed by atoms with E-state index >= 15 is 0 Å². The van der Waals surface area contributed by atoms with E-state index in [1.807, 2.05) is 4.98 Å². The summed E-state index contributed by atoms with van der Waals surface area (Å²) < 4.78 is 39.7. The van der Waals surface area contributed by atoms with Crippen LogP contribution in [0.3, 0.4) is 0 Å². The summed E-state index contributed by atoms with van der Waals surface area (Å²) in [7, 11) is 0. The molecule has 0 aliphatic carbocycles. The Labute approximate surface area is 135 Å². The van der Waals surface area contributed by atoms with Crippen molar-refractivity contribution in [3.63, 3.8) is 0 Å². The van der Waals surface area contributed by atoms with E-state index in [-0.39, 0.29) is 5.56 Å². The molecule has 0 saturated heterocycles. The van der Waals surface area contributed by atoms with Gasteiger partial charge in [-0.25, -0.2) is 0 Å². The first-order chi connectivity index (χ1) is 11.6. The largest absolute Gasteiger partial charge is 0.424 e. The summed E-state index contributed by atoms with van der Waals surface area (Å²) in [5.41, 5.74) is -8.35. The lowest BCUT2D eigenvalue weighted by Crippen LogP contribution is -2.22. The second kappa shape index (κ2) is 6.04. The quantitative estimate of drug-likeness (QED) is 0.663. The molecule has 0 spiro atoms. The Kier molecular flexibility index (Phi) is 4.25.